The first-order valence-corrected chi connectivity index (χ1v) is 12.9. The lowest BCUT2D eigenvalue weighted by molar-refractivity contribution is -0.114. The smallest absolute Gasteiger partial charge is 0.221 e. The molecule has 0 unspecified atom stereocenters. The molecule has 5 aromatic rings. The van der Waals surface area contributed by atoms with Gasteiger partial charge in [-0.3, -0.25) is 10.2 Å². The number of piperidine rings is 1. The van der Waals surface area contributed by atoms with Gasteiger partial charge in [-0.2, -0.15) is 0 Å². The number of rotatable bonds is 5. The molecule has 0 spiro atoms. The SMILES string of the molecule is CC(=O)Nc1ccc(Cl)cc1N1CCC(n2c(=N)n(Cc3cccc4[nH]cnc34)c3ccc(F)cc32)CC1. The molecule has 0 bridgehead atoms. The summed E-state index contributed by atoms with van der Waals surface area (Å²) in [6.45, 7) is 3.35. The first-order chi connectivity index (χ1) is 18.4. The number of nitrogens with zero attached hydrogens (tertiary/aromatic N) is 4. The Labute approximate surface area is 223 Å². The number of carbonyl (C=O) groups is 1. The average Bonchev–Trinajstić information content (AvgIpc) is 3.48. The second-order valence-electron chi connectivity index (χ2n) is 9.69. The number of aromatic nitrogens is 4. The number of nitrogens with one attached hydrogen (secondary N) is 3. The van der Waals surface area contributed by atoms with Crippen LogP contribution in [-0.4, -0.2) is 38.1 Å². The van der Waals surface area contributed by atoms with E-state index >= 15 is 0 Å². The lowest BCUT2D eigenvalue weighted by Crippen LogP contribution is -2.38. The summed E-state index contributed by atoms with van der Waals surface area (Å²) < 4.78 is 18.3. The largest absolute Gasteiger partial charge is 0.370 e. The second kappa shape index (κ2) is 9.64. The molecular weight excluding hydrogens is 505 g/mol. The zero-order valence-corrected chi connectivity index (χ0v) is 21.6. The van der Waals surface area contributed by atoms with Gasteiger partial charge in [-0.25, -0.2) is 9.37 Å². The van der Waals surface area contributed by atoms with Crippen LogP contribution in [-0.2, 0) is 11.3 Å². The molecule has 194 valence electrons. The van der Waals surface area contributed by atoms with Crippen molar-refractivity contribution in [3.8, 4) is 0 Å². The van der Waals surface area contributed by atoms with E-state index in [1.165, 1.54) is 19.1 Å². The Bertz CT molecular complexity index is 1730. The van der Waals surface area contributed by atoms with Crippen LogP contribution in [0.3, 0.4) is 0 Å². The number of fused-ring (bicyclic) bond motifs is 2. The molecule has 1 amide bonds. The lowest BCUT2D eigenvalue weighted by Gasteiger charge is -2.35. The van der Waals surface area contributed by atoms with Crippen LogP contribution in [0.15, 0.2) is 60.9 Å². The third-order valence-electron chi connectivity index (χ3n) is 7.27. The standard InChI is InChI=1S/C28H27ClFN7O/c1-17(38)34-22-7-5-19(29)13-25(22)35-11-9-21(10-12-35)37-26-14-20(30)6-8-24(26)36(28(37)31)15-18-3-2-4-23-27(18)33-16-32-23/h2-8,13-14,16,21,31H,9-12,15H2,1H3,(H,32,33)(H,34,38). The van der Waals surface area contributed by atoms with E-state index in [0.29, 0.717) is 35.8 Å². The molecule has 0 saturated carbocycles. The van der Waals surface area contributed by atoms with Crippen LogP contribution in [0.25, 0.3) is 22.1 Å². The molecule has 2 aromatic heterocycles. The fraction of sp³-hybridized carbons (Fsp3) is 0.250. The van der Waals surface area contributed by atoms with Gasteiger partial charge >= 0.3 is 0 Å². The van der Waals surface area contributed by atoms with Crippen LogP contribution in [0.1, 0.15) is 31.4 Å². The topological polar surface area (TPSA) is 94.7 Å². The van der Waals surface area contributed by atoms with Gasteiger partial charge in [0, 0.05) is 31.1 Å². The summed E-state index contributed by atoms with van der Waals surface area (Å²) in [7, 11) is 0. The summed E-state index contributed by atoms with van der Waals surface area (Å²) in [6, 6.07) is 16.2. The van der Waals surface area contributed by atoms with E-state index < -0.39 is 0 Å². The van der Waals surface area contributed by atoms with E-state index in [2.05, 4.69) is 20.2 Å². The summed E-state index contributed by atoms with van der Waals surface area (Å²) in [5.41, 5.74) is 6.26. The second-order valence-corrected chi connectivity index (χ2v) is 10.1. The molecule has 1 aliphatic rings. The molecule has 1 aliphatic heterocycles. The molecule has 3 heterocycles. The predicted molar refractivity (Wildman–Crippen MR) is 147 cm³/mol. The fourth-order valence-electron chi connectivity index (χ4n) is 5.56. The van der Waals surface area contributed by atoms with Crippen molar-refractivity contribution in [2.24, 2.45) is 0 Å². The van der Waals surface area contributed by atoms with Crippen molar-refractivity contribution in [3.63, 3.8) is 0 Å². The van der Waals surface area contributed by atoms with Crippen LogP contribution < -0.4 is 15.8 Å². The molecule has 0 atom stereocenters. The van der Waals surface area contributed by atoms with Crippen molar-refractivity contribution in [2.45, 2.75) is 32.4 Å². The van der Waals surface area contributed by atoms with Gasteiger partial charge < -0.3 is 24.3 Å². The first kappa shape index (κ1) is 24.2. The Morgan fingerprint density at radius 2 is 1.97 bits per heavy atom. The molecule has 0 aliphatic carbocycles. The number of amides is 1. The maximum Gasteiger partial charge on any atom is 0.221 e. The minimum atomic E-state index is -0.325. The summed E-state index contributed by atoms with van der Waals surface area (Å²) >= 11 is 6.28. The van der Waals surface area contributed by atoms with Gasteiger partial charge in [-0.1, -0.05) is 23.7 Å². The fourth-order valence-corrected chi connectivity index (χ4v) is 5.72. The van der Waals surface area contributed by atoms with Crippen LogP contribution in [0.5, 0.6) is 0 Å². The van der Waals surface area contributed by atoms with E-state index in [9.17, 15) is 9.18 Å². The van der Waals surface area contributed by atoms with Crippen LogP contribution in [0.4, 0.5) is 15.8 Å². The van der Waals surface area contributed by atoms with Gasteiger partial charge in [0.05, 0.1) is 46.3 Å². The quantitative estimate of drug-likeness (QED) is 0.282. The van der Waals surface area contributed by atoms with Crippen molar-refractivity contribution in [2.75, 3.05) is 23.3 Å². The maximum absolute atomic E-state index is 14.4. The van der Waals surface area contributed by atoms with Crippen molar-refractivity contribution < 1.29 is 9.18 Å². The minimum Gasteiger partial charge on any atom is -0.370 e. The Kier molecular flexibility index (Phi) is 6.15. The highest BCUT2D eigenvalue weighted by molar-refractivity contribution is 6.31. The highest BCUT2D eigenvalue weighted by Crippen LogP contribution is 2.34. The Morgan fingerprint density at radius 1 is 1.16 bits per heavy atom. The van der Waals surface area contributed by atoms with Gasteiger partial charge in [0.2, 0.25) is 11.5 Å². The summed E-state index contributed by atoms with van der Waals surface area (Å²) in [4.78, 5) is 21.5. The van der Waals surface area contributed by atoms with E-state index in [-0.39, 0.29) is 17.8 Å². The van der Waals surface area contributed by atoms with Crippen LogP contribution >= 0.6 is 11.6 Å². The minimum absolute atomic E-state index is 0.0221. The van der Waals surface area contributed by atoms with Gasteiger partial charge in [-0.15, -0.1) is 0 Å². The average molecular weight is 532 g/mol. The molecule has 8 nitrogen and oxygen atoms in total. The Hall–Kier alpha value is -4.11. The number of benzene rings is 3. The lowest BCUT2D eigenvalue weighted by atomic mass is 10.0. The molecule has 0 radical (unpaired) electrons. The number of imidazole rings is 2. The molecule has 1 saturated heterocycles. The number of hydrogen-bond acceptors (Lipinski definition) is 4. The summed E-state index contributed by atoms with van der Waals surface area (Å²) in [6.07, 6.45) is 3.18. The number of H-pyrrole nitrogens is 1. The van der Waals surface area contributed by atoms with E-state index in [1.54, 1.807) is 18.5 Å². The van der Waals surface area contributed by atoms with Gasteiger partial charge in [0.15, 0.2) is 0 Å². The summed E-state index contributed by atoms with van der Waals surface area (Å²) in [5, 5.41) is 12.6. The molecule has 3 N–H and O–H groups in total. The molecule has 10 heteroatoms. The van der Waals surface area contributed by atoms with Gasteiger partial charge in [0.1, 0.15) is 5.82 Å². The molecular formula is C28H27ClFN7O. The van der Waals surface area contributed by atoms with Crippen molar-refractivity contribution in [1.29, 1.82) is 5.41 Å². The number of halogens is 2. The predicted octanol–water partition coefficient (Wildman–Crippen LogP) is 5.44. The number of hydrogen-bond donors (Lipinski definition) is 3. The Balaban J connectivity index is 1.34. The normalized spacial score (nSPS) is 14.4. The highest BCUT2D eigenvalue weighted by Gasteiger charge is 2.26. The number of carbonyl (C=O) groups excluding carboxylic acids is 1. The number of aromatic amines is 1. The van der Waals surface area contributed by atoms with Gasteiger partial charge in [-0.05, 0) is 60.9 Å². The monoisotopic (exact) mass is 531 g/mol. The molecule has 3 aromatic carbocycles. The highest BCUT2D eigenvalue weighted by atomic mass is 35.5. The van der Waals surface area contributed by atoms with Gasteiger partial charge in [0.25, 0.3) is 0 Å². The first-order valence-electron chi connectivity index (χ1n) is 12.6. The van der Waals surface area contributed by atoms with E-state index in [1.807, 2.05) is 39.5 Å². The molecule has 1 fully saturated rings. The van der Waals surface area contributed by atoms with Crippen molar-refractivity contribution in [3.05, 3.63) is 82.9 Å². The third kappa shape index (κ3) is 4.32. The number of para-hydroxylation sites is 1. The maximum atomic E-state index is 14.4. The van der Waals surface area contributed by atoms with Crippen LogP contribution in [0.2, 0.25) is 5.02 Å². The zero-order chi connectivity index (χ0) is 26.4. The van der Waals surface area contributed by atoms with Crippen molar-refractivity contribution >= 4 is 50.9 Å². The number of anilines is 2. The van der Waals surface area contributed by atoms with E-state index in [0.717, 1.165) is 46.3 Å². The molecule has 6 rings (SSSR count). The van der Waals surface area contributed by atoms with Crippen LogP contribution in [0, 0.1) is 11.2 Å². The van der Waals surface area contributed by atoms with E-state index in [4.69, 9.17) is 17.0 Å². The molecule has 38 heavy (non-hydrogen) atoms. The summed E-state index contributed by atoms with van der Waals surface area (Å²) in [5.74, 6) is -0.465. The zero-order valence-electron chi connectivity index (χ0n) is 20.8. The third-order valence-corrected chi connectivity index (χ3v) is 7.51. The Morgan fingerprint density at radius 3 is 2.76 bits per heavy atom. The van der Waals surface area contributed by atoms with Crippen molar-refractivity contribution in [1.82, 2.24) is 19.1 Å².